The Bertz CT molecular complexity index is 632. The summed E-state index contributed by atoms with van der Waals surface area (Å²) < 4.78 is 11.5. The van der Waals surface area contributed by atoms with Crippen LogP contribution in [0, 0.1) is 12.3 Å². The number of rotatable bonds is 7. The van der Waals surface area contributed by atoms with Gasteiger partial charge >= 0.3 is 5.97 Å². The lowest BCUT2D eigenvalue weighted by Gasteiger charge is -2.17. The van der Waals surface area contributed by atoms with E-state index in [4.69, 9.17) is 14.6 Å². The first-order valence-corrected chi connectivity index (χ1v) is 8.37. The average Bonchev–Trinajstić information content (AvgIpc) is 3.22. The Hall–Kier alpha value is -2.08. The smallest absolute Gasteiger partial charge is 0.319 e. The molecule has 0 spiro atoms. The summed E-state index contributed by atoms with van der Waals surface area (Å²) in [5.41, 5.74) is 0.688. The van der Waals surface area contributed by atoms with Gasteiger partial charge in [-0.1, -0.05) is 12.1 Å². The van der Waals surface area contributed by atoms with E-state index in [0.29, 0.717) is 25.2 Å². The van der Waals surface area contributed by atoms with Crippen LogP contribution in [0.5, 0.6) is 5.75 Å². The highest BCUT2D eigenvalue weighted by atomic mass is 16.5. The topological polar surface area (TPSA) is 84.9 Å². The lowest BCUT2D eigenvalue weighted by molar-refractivity contribution is -0.149. The van der Waals surface area contributed by atoms with E-state index in [1.165, 1.54) is 0 Å². The number of carbonyl (C=O) groups excluding carboxylic acids is 1. The fraction of sp³-hybridized carbons (Fsp3) is 0.556. The van der Waals surface area contributed by atoms with Crippen molar-refractivity contribution in [2.24, 2.45) is 5.41 Å². The molecule has 1 amide bonds. The van der Waals surface area contributed by atoms with Crippen LogP contribution in [-0.4, -0.2) is 36.3 Å². The van der Waals surface area contributed by atoms with Crippen LogP contribution in [0.2, 0.25) is 0 Å². The van der Waals surface area contributed by atoms with Gasteiger partial charge in [0.1, 0.15) is 17.8 Å². The van der Waals surface area contributed by atoms with Crippen LogP contribution in [0.15, 0.2) is 18.2 Å². The average molecular weight is 333 g/mol. The summed E-state index contributed by atoms with van der Waals surface area (Å²) in [6.07, 6.45) is 2.99. The second kappa shape index (κ2) is 6.81. The van der Waals surface area contributed by atoms with E-state index in [1.807, 2.05) is 25.1 Å². The van der Waals surface area contributed by atoms with E-state index in [1.54, 1.807) is 0 Å². The number of carbonyl (C=O) groups is 2. The highest BCUT2D eigenvalue weighted by Crippen LogP contribution is 2.46. The Kier molecular flexibility index (Phi) is 4.76. The molecular formula is C18H23NO5. The molecule has 1 atom stereocenters. The maximum Gasteiger partial charge on any atom is 0.319 e. The summed E-state index contributed by atoms with van der Waals surface area (Å²) in [6, 6.07) is 5.78. The molecule has 1 saturated heterocycles. The fourth-order valence-corrected chi connectivity index (χ4v) is 2.91. The predicted octanol–water partition coefficient (Wildman–Crippen LogP) is 2.03. The van der Waals surface area contributed by atoms with Crippen molar-refractivity contribution in [1.82, 2.24) is 5.32 Å². The standard InChI is InChI=1S/C18H23NO5/c1-12-4-5-13(10-19-16(20)18(6-7-18)17(21)22)15(9-12)24-11-14-3-2-8-23-14/h4-5,9,14H,2-3,6-8,10-11H2,1H3,(H,19,20)(H,21,22). The third-order valence-corrected chi connectivity index (χ3v) is 4.70. The van der Waals surface area contributed by atoms with Gasteiger partial charge < -0.3 is 19.9 Å². The van der Waals surface area contributed by atoms with Gasteiger partial charge in [-0.2, -0.15) is 0 Å². The third-order valence-electron chi connectivity index (χ3n) is 4.70. The Morgan fingerprint density at radius 1 is 1.42 bits per heavy atom. The molecule has 6 nitrogen and oxygen atoms in total. The maximum atomic E-state index is 12.1. The molecule has 0 radical (unpaired) electrons. The number of nitrogens with one attached hydrogen (secondary N) is 1. The molecule has 1 unspecified atom stereocenters. The van der Waals surface area contributed by atoms with Crippen molar-refractivity contribution in [2.45, 2.75) is 45.3 Å². The summed E-state index contributed by atoms with van der Waals surface area (Å²) >= 11 is 0. The van der Waals surface area contributed by atoms with Crippen LogP contribution in [-0.2, 0) is 20.9 Å². The zero-order chi connectivity index (χ0) is 17.2. The van der Waals surface area contributed by atoms with Gasteiger partial charge in [0.25, 0.3) is 0 Å². The van der Waals surface area contributed by atoms with Crippen molar-refractivity contribution in [2.75, 3.05) is 13.2 Å². The minimum absolute atomic E-state index is 0.120. The van der Waals surface area contributed by atoms with Crippen molar-refractivity contribution in [3.63, 3.8) is 0 Å². The summed E-state index contributed by atoms with van der Waals surface area (Å²) in [4.78, 5) is 23.3. The monoisotopic (exact) mass is 333 g/mol. The number of aryl methyl sites for hydroxylation is 1. The molecule has 1 saturated carbocycles. The molecule has 1 aliphatic heterocycles. The summed E-state index contributed by atoms with van der Waals surface area (Å²) in [5, 5.41) is 11.9. The molecule has 2 fully saturated rings. The molecule has 1 aromatic rings. The third kappa shape index (κ3) is 3.53. The largest absolute Gasteiger partial charge is 0.491 e. The van der Waals surface area contributed by atoms with Crippen LogP contribution in [0.25, 0.3) is 0 Å². The van der Waals surface area contributed by atoms with Crippen molar-refractivity contribution in [3.05, 3.63) is 29.3 Å². The van der Waals surface area contributed by atoms with Gasteiger partial charge in [0.2, 0.25) is 5.91 Å². The van der Waals surface area contributed by atoms with Gasteiger partial charge in [-0.05, 0) is 44.2 Å². The number of carboxylic acids is 1. The molecule has 24 heavy (non-hydrogen) atoms. The van der Waals surface area contributed by atoms with Crippen LogP contribution in [0.4, 0.5) is 0 Å². The Labute approximate surface area is 141 Å². The number of hydrogen-bond acceptors (Lipinski definition) is 4. The molecule has 1 aliphatic carbocycles. The number of hydrogen-bond donors (Lipinski definition) is 2. The van der Waals surface area contributed by atoms with Gasteiger partial charge in [-0.25, -0.2) is 0 Å². The van der Waals surface area contributed by atoms with E-state index in [-0.39, 0.29) is 12.6 Å². The van der Waals surface area contributed by atoms with Gasteiger partial charge in [-0.3, -0.25) is 9.59 Å². The molecule has 0 aromatic heterocycles. The Balaban J connectivity index is 1.62. The second-order valence-electron chi connectivity index (χ2n) is 6.63. The Morgan fingerprint density at radius 2 is 2.21 bits per heavy atom. The molecule has 2 aliphatic rings. The molecule has 2 N–H and O–H groups in total. The summed E-state index contributed by atoms with van der Waals surface area (Å²) in [6.45, 7) is 3.51. The highest BCUT2D eigenvalue weighted by Gasteiger charge is 2.56. The SMILES string of the molecule is Cc1ccc(CNC(=O)C2(C(=O)O)CC2)c(OCC2CCCO2)c1. The normalized spacial score (nSPS) is 21.3. The number of amides is 1. The van der Waals surface area contributed by atoms with Crippen molar-refractivity contribution >= 4 is 11.9 Å². The van der Waals surface area contributed by atoms with Gasteiger partial charge in [0, 0.05) is 18.7 Å². The van der Waals surface area contributed by atoms with Crippen molar-refractivity contribution < 1.29 is 24.2 Å². The van der Waals surface area contributed by atoms with Crippen LogP contribution in [0.3, 0.4) is 0 Å². The lowest BCUT2D eigenvalue weighted by Crippen LogP contribution is -2.36. The van der Waals surface area contributed by atoms with Crippen LogP contribution >= 0.6 is 0 Å². The minimum atomic E-state index is -1.22. The van der Waals surface area contributed by atoms with E-state index < -0.39 is 17.3 Å². The first kappa shape index (κ1) is 16.8. The van der Waals surface area contributed by atoms with Gasteiger partial charge in [0.05, 0.1) is 6.10 Å². The van der Waals surface area contributed by atoms with E-state index in [9.17, 15) is 9.59 Å². The zero-order valence-electron chi connectivity index (χ0n) is 13.8. The minimum Gasteiger partial charge on any atom is -0.491 e. The summed E-state index contributed by atoms with van der Waals surface area (Å²) in [7, 11) is 0. The molecule has 6 heteroatoms. The summed E-state index contributed by atoms with van der Waals surface area (Å²) in [5.74, 6) is -0.745. The fourth-order valence-electron chi connectivity index (χ4n) is 2.91. The quantitative estimate of drug-likeness (QED) is 0.746. The van der Waals surface area contributed by atoms with Gasteiger partial charge in [0.15, 0.2) is 0 Å². The molecule has 1 heterocycles. The van der Waals surface area contributed by atoms with Crippen molar-refractivity contribution in [1.29, 1.82) is 0 Å². The molecule has 1 aromatic carbocycles. The molecule has 3 rings (SSSR count). The second-order valence-corrected chi connectivity index (χ2v) is 6.63. The highest BCUT2D eigenvalue weighted by molar-refractivity contribution is 6.04. The Morgan fingerprint density at radius 3 is 2.83 bits per heavy atom. The van der Waals surface area contributed by atoms with Crippen LogP contribution in [0.1, 0.15) is 36.8 Å². The van der Waals surface area contributed by atoms with Gasteiger partial charge in [-0.15, -0.1) is 0 Å². The number of aliphatic carboxylic acids is 1. The van der Waals surface area contributed by atoms with Crippen molar-refractivity contribution in [3.8, 4) is 5.75 Å². The zero-order valence-corrected chi connectivity index (χ0v) is 13.8. The lowest BCUT2D eigenvalue weighted by atomic mass is 10.1. The number of ether oxygens (including phenoxy) is 2. The van der Waals surface area contributed by atoms with E-state index in [2.05, 4.69) is 5.32 Å². The number of carboxylic acid groups (broad SMARTS) is 1. The van der Waals surface area contributed by atoms with E-state index in [0.717, 1.165) is 30.6 Å². The van der Waals surface area contributed by atoms with Crippen LogP contribution < -0.4 is 10.1 Å². The molecular weight excluding hydrogens is 310 g/mol. The first-order valence-electron chi connectivity index (χ1n) is 8.37. The maximum absolute atomic E-state index is 12.1. The predicted molar refractivity (Wildman–Crippen MR) is 86.8 cm³/mol. The molecule has 130 valence electrons. The molecule has 0 bridgehead atoms. The number of benzene rings is 1. The first-order chi connectivity index (χ1) is 11.5. The van der Waals surface area contributed by atoms with E-state index >= 15 is 0 Å².